The average Bonchev–Trinajstić information content (AvgIpc) is 3.29. The zero-order valence-corrected chi connectivity index (χ0v) is 23.4. The van der Waals surface area contributed by atoms with Crippen molar-refractivity contribution < 1.29 is 14.6 Å². The van der Waals surface area contributed by atoms with Crippen molar-refractivity contribution in [1.29, 1.82) is 0 Å². The summed E-state index contributed by atoms with van der Waals surface area (Å²) in [6.07, 6.45) is 11.9. The normalized spacial score (nSPS) is 36.8. The molecule has 4 aliphatic carbocycles. The second-order valence-electron chi connectivity index (χ2n) is 13.4. The molecule has 0 saturated heterocycles. The lowest BCUT2D eigenvalue weighted by Gasteiger charge is -2.58. The molecule has 0 bridgehead atoms. The SMILES string of the molecule is C[C@H](COc1cccc(C(=O)c2ccccc2)c1)[C@H]1CC[C@H]2[C@@H]3CC=C4C[C@@H](O)CC[C@]4(C)[C@H]3CC[C@]12C. The van der Waals surface area contributed by atoms with Crippen LogP contribution in [0.5, 0.6) is 5.75 Å². The first-order valence-corrected chi connectivity index (χ1v) is 15.0. The molecule has 2 aromatic carbocycles. The number of fused-ring (bicyclic) bond motifs is 5. The Labute approximate surface area is 228 Å². The van der Waals surface area contributed by atoms with E-state index in [0.717, 1.165) is 42.8 Å². The van der Waals surface area contributed by atoms with Crippen molar-refractivity contribution in [2.75, 3.05) is 6.61 Å². The summed E-state index contributed by atoms with van der Waals surface area (Å²) in [6.45, 7) is 8.19. The summed E-state index contributed by atoms with van der Waals surface area (Å²) < 4.78 is 6.35. The van der Waals surface area contributed by atoms with E-state index < -0.39 is 0 Å². The second-order valence-corrected chi connectivity index (χ2v) is 13.4. The number of benzene rings is 2. The summed E-state index contributed by atoms with van der Waals surface area (Å²) >= 11 is 0. The molecular formula is C35H44O3. The van der Waals surface area contributed by atoms with Crippen molar-refractivity contribution in [3.05, 3.63) is 77.4 Å². The molecule has 3 nitrogen and oxygen atoms in total. The van der Waals surface area contributed by atoms with Crippen LogP contribution in [0.3, 0.4) is 0 Å². The van der Waals surface area contributed by atoms with Crippen LogP contribution in [0.4, 0.5) is 0 Å². The van der Waals surface area contributed by atoms with E-state index in [1.807, 2.05) is 54.6 Å². The number of carbonyl (C=O) groups is 1. The van der Waals surface area contributed by atoms with Crippen LogP contribution in [0.15, 0.2) is 66.2 Å². The topological polar surface area (TPSA) is 46.5 Å². The van der Waals surface area contributed by atoms with Gasteiger partial charge in [-0.05, 0) is 104 Å². The molecule has 2 aromatic rings. The van der Waals surface area contributed by atoms with Crippen molar-refractivity contribution >= 4 is 5.78 Å². The van der Waals surface area contributed by atoms with E-state index in [4.69, 9.17) is 4.74 Å². The summed E-state index contributed by atoms with van der Waals surface area (Å²) in [4.78, 5) is 12.9. The molecule has 0 unspecified atom stereocenters. The molecule has 202 valence electrons. The smallest absolute Gasteiger partial charge is 0.193 e. The van der Waals surface area contributed by atoms with Crippen molar-refractivity contribution in [2.24, 2.45) is 40.4 Å². The fraction of sp³-hybridized carbons (Fsp3) is 0.571. The number of ketones is 1. The standard InChI is InChI=1S/C35H44O3/c1-23(22-38-28-11-7-10-25(20-28)33(37)24-8-5-4-6-9-24)30-14-15-31-29-13-12-26-21-27(36)16-18-34(26,2)32(29)17-19-35(30,31)3/h4-12,20,23,27,29-32,36H,13-19,21-22H2,1-3H3/t23-,27+,29+,30-,31+,32+,34+,35-/m1/s1. The maximum Gasteiger partial charge on any atom is 0.193 e. The molecule has 3 saturated carbocycles. The Balaban J connectivity index is 1.13. The quantitative estimate of drug-likeness (QED) is 0.316. The lowest BCUT2D eigenvalue weighted by atomic mass is 9.47. The largest absolute Gasteiger partial charge is 0.493 e. The highest BCUT2D eigenvalue weighted by Gasteiger charge is 2.59. The Hall–Kier alpha value is -2.39. The van der Waals surface area contributed by atoms with Crippen LogP contribution >= 0.6 is 0 Å². The van der Waals surface area contributed by atoms with Gasteiger partial charge in [0.25, 0.3) is 0 Å². The van der Waals surface area contributed by atoms with Gasteiger partial charge < -0.3 is 9.84 Å². The van der Waals surface area contributed by atoms with E-state index in [2.05, 4.69) is 26.8 Å². The van der Waals surface area contributed by atoms with Gasteiger partial charge in [-0.3, -0.25) is 4.79 Å². The van der Waals surface area contributed by atoms with Crippen molar-refractivity contribution in [3.8, 4) is 5.75 Å². The Kier molecular flexibility index (Phi) is 6.79. The summed E-state index contributed by atoms with van der Waals surface area (Å²) in [5, 5.41) is 10.3. The Bertz CT molecular complexity index is 1200. The molecule has 38 heavy (non-hydrogen) atoms. The van der Waals surface area contributed by atoms with E-state index in [1.54, 1.807) is 5.57 Å². The van der Waals surface area contributed by atoms with Gasteiger partial charge in [0.15, 0.2) is 5.78 Å². The van der Waals surface area contributed by atoms with Crippen molar-refractivity contribution in [3.63, 3.8) is 0 Å². The van der Waals surface area contributed by atoms with Crippen LogP contribution in [0.1, 0.15) is 88.1 Å². The predicted octanol–water partition coefficient (Wildman–Crippen LogP) is 7.87. The molecule has 0 aliphatic heterocycles. The number of carbonyl (C=O) groups excluding carboxylic acids is 1. The monoisotopic (exact) mass is 512 g/mol. The third kappa shape index (κ3) is 4.35. The number of ether oxygens (including phenoxy) is 1. The molecule has 0 aromatic heterocycles. The van der Waals surface area contributed by atoms with Gasteiger partial charge in [0.1, 0.15) is 5.75 Å². The van der Waals surface area contributed by atoms with E-state index in [9.17, 15) is 9.90 Å². The molecule has 0 amide bonds. The summed E-state index contributed by atoms with van der Waals surface area (Å²) in [7, 11) is 0. The van der Waals surface area contributed by atoms with Crippen LogP contribution < -0.4 is 4.74 Å². The van der Waals surface area contributed by atoms with Crippen LogP contribution in [0.25, 0.3) is 0 Å². The zero-order chi connectivity index (χ0) is 26.5. The molecule has 0 spiro atoms. The minimum absolute atomic E-state index is 0.0397. The Morgan fingerprint density at radius 2 is 1.76 bits per heavy atom. The van der Waals surface area contributed by atoms with Crippen LogP contribution in [-0.2, 0) is 0 Å². The molecule has 3 heteroatoms. The van der Waals surface area contributed by atoms with Crippen LogP contribution in [0.2, 0.25) is 0 Å². The summed E-state index contributed by atoms with van der Waals surface area (Å²) in [5.74, 6) is 4.35. The van der Waals surface area contributed by atoms with Crippen molar-refractivity contribution in [1.82, 2.24) is 0 Å². The van der Waals surface area contributed by atoms with E-state index in [1.165, 1.54) is 32.1 Å². The van der Waals surface area contributed by atoms with E-state index in [-0.39, 0.29) is 11.9 Å². The lowest BCUT2D eigenvalue weighted by molar-refractivity contribution is -0.0591. The van der Waals surface area contributed by atoms with Gasteiger partial charge in [-0.15, -0.1) is 0 Å². The molecule has 0 radical (unpaired) electrons. The lowest BCUT2D eigenvalue weighted by Crippen LogP contribution is -2.51. The number of hydrogen-bond donors (Lipinski definition) is 1. The molecular weight excluding hydrogens is 468 g/mol. The molecule has 6 rings (SSSR count). The Morgan fingerprint density at radius 1 is 0.974 bits per heavy atom. The molecule has 4 aliphatic rings. The summed E-state index contributed by atoms with van der Waals surface area (Å²) in [6, 6.07) is 17.2. The average molecular weight is 513 g/mol. The highest BCUT2D eigenvalue weighted by Crippen LogP contribution is 2.67. The molecule has 0 heterocycles. The highest BCUT2D eigenvalue weighted by molar-refractivity contribution is 6.09. The van der Waals surface area contributed by atoms with Gasteiger partial charge in [0, 0.05) is 11.1 Å². The molecule has 8 atom stereocenters. The predicted molar refractivity (Wildman–Crippen MR) is 152 cm³/mol. The van der Waals surface area contributed by atoms with Crippen LogP contribution in [-0.4, -0.2) is 23.6 Å². The first-order chi connectivity index (χ1) is 18.3. The maximum absolute atomic E-state index is 12.9. The van der Waals surface area contributed by atoms with E-state index in [0.29, 0.717) is 40.4 Å². The fourth-order valence-corrected chi connectivity index (χ4v) is 9.44. The van der Waals surface area contributed by atoms with E-state index >= 15 is 0 Å². The third-order valence-corrected chi connectivity index (χ3v) is 11.5. The van der Waals surface area contributed by atoms with Gasteiger partial charge in [0.2, 0.25) is 0 Å². The number of allylic oxidation sites excluding steroid dienone is 1. The number of rotatable bonds is 6. The maximum atomic E-state index is 12.9. The summed E-state index contributed by atoms with van der Waals surface area (Å²) in [5.41, 5.74) is 3.64. The van der Waals surface area contributed by atoms with Gasteiger partial charge in [0.05, 0.1) is 12.7 Å². The second kappa shape index (κ2) is 9.97. The third-order valence-electron chi connectivity index (χ3n) is 11.5. The first kappa shape index (κ1) is 25.9. The van der Waals surface area contributed by atoms with Gasteiger partial charge in [-0.25, -0.2) is 0 Å². The van der Waals surface area contributed by atoms with Gasteiger partial charge >= 0.3 is 0 Å². The minimum atomic E-state index is -0.131. The number of aliphatic hydroxyl groups is 1. The number of aliphatic hydroxyl groups excluding tert-OH is 1. The van der Waals surface area contributed by atoms with Gasteiger partial charge in [-0.2, -0.15) is 0 Å². The van der Waals surface area contributed by atoms with Crippen LogP contribution in [0, 0.1) is 40.4 Å². The van der Waals surface area contributed by atoms with Gasteiger partial charge in [-0.1, -0.05) is 74.9 Å². The zero-order valence-electron chi connectivity index (χ0n) is 23.4. The van der Waals surface area contributed by atoms with Crippen molar-refractivity contribution in [2.45, 2.75) is 78.2 Å². The fourth-order valence-electron chi connectivity index (χ4n) is 9.44. The number of hydrogen-bond acceptors (Lipinski definition) is 3. The Morgan fingerprint density at radius 3 is 2.58 bits per heavy atom. The molecule has 1 N–H and O–H groups in total. The first-order valence-electron chi connectivity index (χ1n) is 15.0. The highest BCUT2D eigenvalue weighted by atomic mass is 16.5. The molecule has 3 fully saturated rings. The minimum Gasteiger partial charge on any atom is -0.493 e.